The molecule has 0 aliphatic heterocycles. The van der Waals surface area contributed by atoms with Crippen molar-refractivity contribution in [3.8, 4) is 5.75 Å². The number of aryl methyl sites for hydroxylation is 1. The lowest BCUT2D eigenvalue weighted by atomic mass is 9.85. The van der Waals surface area contributed by atoms with Crippen LogP contribution in [0.4, 0.5) is 5.69 Å². The SMILES string of the molecule is COc1cc(C)c(N=C(N)N)cc1C(C)(C)C. The number of guanidine groups is 1. The molecule has 0 aromatic heterocycles. The van der Waals surface area contributed by atoms with Crippen LogP contribution in [0, 0.1) is 6.92 Å². The Kier molecular flexibility index (Phi) is 3.66. The molecule has 4 N–H and O–H groups in total. The Morgan fingerprint density at radius 2 is 1.82 bits per heavy atom. The Morgan fingerprint density at radius 1 is 1.24 bits per heavy atom. The van der Waals surface area contributed by atoms with Crippen molar-refractivity contribution in [2.45, 2.75) is 33.1 Å². The summed E-state index contributed by atoms with van der Waals surface area (Å²) in [6.07, 6.45) is 0. The molecular weight excluding hydrogens is 214 g/mol. The molecule has 0 saturated heterocycles. The first-order valence-electron chi connectivity index (χ1n) is 5.54. The van der Waals surface area contributed by atoms with Gasteiger partial charge < -0.3 is 16.2 Å². The van der Waals surface area contributed by atoms with Crippen LogP contribution in [0.5, 0.6) is 5.75 Å². The maximum absolute atomic E-state index is 5.42. The molecule has 4 heteroatoms. The second-order valence-corrected chi connectivity index (χ2v) is 5.13. The summed E-state index contributed by atoms with van der Waals surface area (Å²) in [5, 5.41) is 0. The molecule has 94 valence electrons. The molecule has 0 bridgehead atoms. The molecule has 0 fully saturated rings. The van der Waals surface area contributed by atoms with Gasteiger partial charge in [0.2, 0.25) is 0 Å². The van der Waals surface area contributed by atoms with Crippen molar-refractivity contribution in [2.24, 2.45) is 16.5 Å². The molecule has 0 spiro atoms. The van der Waals surface area contributed by atoms with Crippen molar-refractivity contribution in [1.29, 1.82) is 0 Å². The Hall–Kier alpha value is -1.71. The lowest BCUT2D eigenvalue weighted by Crippen LogP contribution is -2.22. The molecular formula is C13H21N3O. The number of hydrogen-bond donors (Lipinski definition) is 2. The highest BCUT2D eigenvalue weighted by Gasteiger charge is 2.20. The quantitative estimate of drug-likeness (QED) is 0.609. The van der Waals surface area contributed by atoms with Crippen molar-refractivity contribution < 1.29 is 4.74 Å². The Labute approximate surface area is 103 Å². The standard InChI is InChI=1S/C13H21N3O/c1-8-6-11(17-5)9(13(2,3)4)7-10(8)16-12(14)15/h6-7H,1-5H3,(H4,14,15,16). The topological polar surface area (TPSA) is 73.6 Å². The number of aliphatic imine (C=N–C) groups is 1. The molecule has 1 aromatic rings. The van der Waals surface area contributed by atoms with Crippen LogP contribution in [0.15, 0.2) is 17.1 Å². The van der Waals surface area contributed by atoms with Crippen molar-refractivity contribution in [2.75, 3.05) is 7.11 Å². The predicted octanol–water partition coefficient (Wildman–Crippen LogP) is 2.21. The highest BCUT2D eigenvalue weighted by Crippen LogP contribution is 2.36. The third kappa shape index (κ3) is 3.12. The monoisotopic (exact) mass is 235 g/mol. The summed E-state index contributed by atoms with van der Waals surface area (Å²) < 4.78 is 5.40. The normalized spacial score (nSPS) is 11.1. The van der Waals surface area contributed by atoms with E-state index >= 15 is 0 Å². The van der Waals surface area contributed by atoms with Gasteiger partial charge in [-0.15, -0.1) is 0 Å². The average Bonchev–Trinajstić information content (AvgIpc) is 2.18. The van der Waals surface area contributed by atoms with Gasteiger partial charge >= 0.3 is 0 Å². The van der Waals surface area contributed by atoms with Gasteiger partial charge in [0.15, 0.2) is 5.96 Å². The van der Waals surface area contributed by atoms with Crippen LogP contribution in [0.2, 0.25) is 0 Å². The second kappa shape index (κ2) is 4.65. The van der Waals surface area contributed by atoms with E-state index in [9.17, 15) is 0 Å². The van der Waals surface area contributed by atoms with Crippen LogP contribution in [0.25, 0.3) is 0 Å². The lowest BCUT2D eigenvalue weighted by Gasteiger charge is -2.23. The first-order valence-corrected chi connectivity index (χ1v) is 5.54. The van der Waals surface area contributed by atoms with Gasteiger partial charge in [-0.1, -0.05) is 20.8 Å². The van der Waals surface area contributed by atoms with Crippen LogP contribution in [0.3, 0.4) is 0 Å². The van der Waals surface area contributed by atoms with Crippen LogP contribution in [0.1, 0.15) is 31.9 Å². The van der Waals surface area contributed by atoms with Gasteiger partial charge in [0.1, 0.15) is 5.75 Å². The third-order valence-corrected chi connectivity index (χ3v) is 2.58. The largest absolute Gasteiger partial charge is 0.496 e. The molecule has 4 nitrogen and oxygen atoms in total. The fourth-order valence-corrected chi connectivity index (χ4v) is 1.68. The minimum absolute atomic E-state index is 0.0212. The zero-order valence-electron chi connectivity index (χ0n) is 11.2. The summed E-state index contributed by atoms with van der Waals surface area (Å²) in [6, 6.07) is 3.94. The Bertz CT molecular complexity index is 441. The highest BCUT2D eigenvalue weighted by atomic mass is 16.5. The maximum Gasteiger partial charge on any atom is 0.191 e. The number of nitrogens with two attached hydrogens (primary N) is 2. The van der Waals surface area contributed by atoms with E-state index in [1.807, 2.05) is 19.1 Å². The number of hydrogen-bond acceptors (Lipinski definition) is 2. The van der Waals surface area contributed by atoms with Crippen LogP contribution >= 0.6 is 0 Å². The van der Waals surface area contributed by atoms with Crippen molar-refractivity contribution in [1.82, 2.24) is 0 Å². The van der Waals surface area contributed by atoms with Crippen molar-refractivity contribution in [3.63, 3.8) is 0 Å². The van der Waals surface area contributed by atoms with Crippen molar-refractivity contribution >= 4 is 11.6 Å². The van der Waals surface area contributed by atoms with Crippen LogP contribution < -0.4 is 16.2 Å². The summed E-state index contributed by atoms with van der Waals surface area (Å²) in [4.78, 5) is 4.13. The van der Waals surface area contributed by atoms with Gasteiger partial charge in [0.05, 0.1) is 12.8 Å². The zero-order chi connectivity index (χ0) is 13.2. The predicted molar refractivity (Wildman–Crippen MR) is 71.9 cm³/mol. The highest BCUT2D eigenvalue weighted by molar-refractivity contribution is 5.80. The molecule has 0 unspecified atom stereocenters. The second-order valence-electron chi connectivity index (χ2n) is 5.13. The van der Waals surface area contributed by atoms with Crippen LogP contribution in [-0.2, 0) is 5.41 Å². The zero-order valence-corrected chi connectivity index (χ0v) is 11.2. The molecule has 1 rings (SSSR count). The van der Waals surface area contributed by atoms with Crippen LogP contribution in [-0.4, -0.2) is 13.1 Å². The number of methoxy groups -OCH3 is 1. The van der Waals surface area contributed by atoms with Gasteiger partial charge in [-0.3, -0.25) is 0 Å². The third-order valence-electron chi connectivity index (χ3n) is 2.58. The molecule has 0 atom stereocenters. The molecule has 1 aromatic carbocycles. The maximum atomic E-state index is 5.42. The minimum atomic E-state index is -0.0212. The van der Waals surface area contributed by atoms with Gasteiger partial charge in [-0.25, -0.2) is 4.99 Å². The van der Waals surface area contributed by atoms with Gasteiger partial charge in [0.25, 0.3) is 0 Å². The van der Waals surface area contributed by atoms with E-state index in [1.54, 1.807) is 7.11 Å². The molecule has 0 amide bonds. The summed E-state index contributed by atoms with van der Waals surface area (Å²) in [6.45, 7) is 8.33. The molecule has 0 aliphatic carbocycles. The van der Waals surface area contributed by atoms with E-state index in [1.165, 1.54) is 0 Å². The van der Waals surface area contributed by atoms with E-state index in [-0.39, 0.29) is 11.4 Å². The average molecular weight is 235 g/mol. The summed E-state index contributed by atoms with van der Waals surface area (Å²) in [7, 11) is 1.67. The fourth-order valence-electron chi connectivity index (χ4n) is 1.68. The van der Waals surface area contributed by atoms with E-state index in [2.05, 4.69) is 25.8 Å². The number of ether oxygens (including phenoxy) is 1. The summed E-state index contributed by atoms with van der Waals surface area (Å²) in [5.41, 5.74) is 13.7. The molecule has 0 heterocycles. The van der Waals surface area contributed by atoms with E-state index in [0.29, 0.717) is 0 Å². The Balaban J connectivity index is 3.43. The van der Waals surface area contributed by atoms with Gasteiger partial charge in [-0.2, -0.15) is 0 Å². The molecule has 0 saturated carbocycles. The summed E-state index contributed by atoms with van der Waals surface area (Å²) in [5.74, 6) is 0.933. The number of rotatable bonds is 2. The van der Waals surface area contributed by atoms with E-state index in [4.69, 9.17) is 16.2 Å². The van der Waals surface area contributed by atoms with E-state index < -0.39 is 0 Å². The first kappa shape index (κ1) is 13.4. The smallest absolute Gasteiger partial charge is 0.191 e. The number of benzene rings is 1. The minimum Gasteiger partial charge on any atom is -0.496 e. The molecule has 0 radical (unpaired) electrons. The molecule has 0 aliphatic rings. The first-order chi connectivity index (χ1) is 7.75. The van der Waals surface area contributed by atoms with E-state index in [0.717, 1.165) is 22.6 Å². The molecule has 17 heavy (non-hydrogen) atoms. The van der Waals surface area contributed by atoms with Gasteiger partial charge in [0, 0.05) is 5.56 Å². The Morgan fingerprint density at radius 3 is 2.24 bits per heavy atom. The number of nitrogens with zero attached hydrogens (tertiary/aromatic N) is 1. The lowest BCUT2D eigenvalue weighted by molar-refractivity contribution is 0.397. The fraction of sp³-hybridized carbons (Fsp3) is 0.462. The van der Waals surface area contributed by atoms with Crippen molar-refractivity contribution in [3.05, 3.63) is 23.3 Å². The summed E-state index contributed by atoms with van der Waals surface area (Å²) >= 11 is 0. The van der Waals surface area contributed by atoms with Gasteiger partial charge in [-0.05, 0) is 30.0 Å².